The molecule has 3 atom stereocenters. The molecule has 5 N–H and O–H groups in total. The molecular formula is C12H25N3O3. The lowest BCUT2D eigenvalue weighted by molar-refractivity contribution is -0.0884. The highest BCUT2D eigenvalue weighted by Crippen LogP contribution is 2.21. The molecule has 1 rings (SSSR count). The molecule has 0 radical (unpaired) electrons. The minimum atomic E-state index is -0.340. The molecule has 106 valence electrons. The second kappa shape index (κ2) is 7.56. The molecule has 0 aromatic heterocycles. The van der Waals surface area contributed by atoms with Crippen molar-refractivity contribution in [1.82, 2.24) is 10.6 Å². The van der Waals surface area contributed by atoms with Crippen LogP contribution in [-0.4, -0.2) is 48.6 Å². The third-order valence-electron chi connectivity index (χ3n) is 3.02. The van der Waals surface area contributed by atoms with Gasteiger partial charge in [0.05, 0.1) is 18.8 Å². The zero-order valence-corrected chi connectivity index (χ0v) is 11.2. The highest BCUT2D eigenvalue weighted by molar-refractivity contribution is 5.74. The van der Waals surface area contributed by atoms with E-state index in [1.54, 1.807) is 0 Å². The molecule has 0 aliphatic carbocycles. The number of rotatable bonds is 5. The molecule has 1 aliphatic heterocycles. The Kier molecular flexibility index (Phi) is 6.38. The predicted octanol–water partition coefficient (Wildman–Crippen LogP) is -0.0487. The average molecular weight is 259 g/mol. The number of ether oxygens (including phenoxy) is 1. The van der Waals surface area contributed by atoms with Gasteiger partial charge >= 0.3 is 6.03 Å². The van der Waals surface area contributed by atoms with Crippen LogP contribution in [-0.2, 0) is 4.74 Å². The lowest BCUT2D eigenvalue weighted by atomic mass is 9.97. The highest BCUT2D eigenvalue weighted by atomic mass is 16.5. The van der Waals surface area contributed by atoms with Crippen LogP contribution in [0.15, 0.2) is 0 Å². The number of hydrogen-bond donors (Lipinski definition) is 4. The van der Waals surface area contributed by atoms with Crippen LogP contribution in [0.2, 0.25) is 0 Å². The Morgan fingerprint density at radius 1 is 1.50 bits per heavy atom. The Bertz CT molecular complexity index is 261. The molecular weight excluding hydrogens is 234 g/mol. The van der Waals surface area contributed by atoms with E-state index in [1.807, 2.05) is 13.8 Å². The molecule has 6 heteroatoms. The molecule has 1 saturated heterocycles. The quantitative estimate of drug-likeness (QED) is 0.556. The second-order valence-corrected chi connectivity index (χ2v) is 5.01. The highest BCUT2D eigenvalue weighted by Gasteiger charge is 2.31. The monoisotopic (exact) mass is 259 g/mol. The topological polar surface area (TPSA) is 96.6 Å². The van der Waals surface area contributed by atoms with Crippen molar-refractivity contribution in [2.75, 3.05) is 13.2 Å². The third kappa shape index (κ3) is 4.80. The summed E-state index contributed by atoms with van der Waals surface area (Å²) in [5.41, 5.74) is 5.49. The van der Waals surface area contributed by atoms with Crippen molar-refractivity contribution < 1.29 is 14.6 Å². The van der Waals surface area contributed by atoms with Gasteiger partial charge in [-0.3, -0.25) is 0 Å². The van der Waals surface area contributed by atoms with E-state index in [2.05, 4.69) is 10.6 Å². The SMILES string of the molecule is CC(C)NC(=O)N[C@@H]1CC[C@@H](CCN)O[C@H]1CO. The molecule has 0 unspecified atom stereocenters. The van der Waals surface area contributed by atoms with Gasteiger partial charge in [0.25, 0.3) is 0 Å². The number of nitrogens with two attached hydrogens (primary N) is 1. The largest absolute Gasteiger partial charge is 0.394 e. The van der Waals surface area contributed by atoms with E-state index >= 15 is 0 Å². The summed E-state index contributed by atoms with van der Waals surface area (Å²) in [6.07, 6.45) is 2.22. The van der Waals surface area contributed by atoms with Crippen LogP contribution in [0, 0.1) is 0 Å². The molecule has 0 aromatic rings. The van der Waals surface area contributed by atoms with E-state index in [9.17, 15) is 9.90 Å². The number of nitrogens with one attached hydrogen (secondary N) is 2. The number of aliphatic hydroxyl groups excluding tert-OH is 1. The van der Waals surface area contributed by atoms with Crippen LogP contribution in [0.5, 0.6) is 0 Å². The maximum atomic E-state index is 11.6. The van der Waals surface area contributed by atoms with Crippen molar-refractivity contribution in [3.63, 3.8) is 0 Å². The zero-order chi connectivity index (χ0) is 13.5. The maximum absolute atomic E-state index is 11.6. The van der Waals surface area contributed by atoms with Crippen molar-refractivity contribution in [2.45, 2.75) is 57.4 Å². The molecule has 0 spiro atoms. The van der Waals surface area contributed by atoms with Gasteiger partial charge in [0.15, 0.2) is 0 Å². The summed E-state index contributed by atoms with van der Waals surface area (Å²) in [5, 5.41) is 14.9. The molecule has 1 heterocycles. The van der Waals surface area contributed by atoms with Gasteiger partial charge < -0.3 is 26.2 Å². The molecule has 2 amide bonds. The van der Waals surface area contributed by atoms with Crippen LogP contribution in [0.3, 0.4) is 0 Å². The van der Waals surface area contributed by atoms with Crippen LogP contribution in [0.1, 0.15) is 33.1 Å². The summed E-state index contributed by atoms with van der Waals surface area (Å²) in [6.45, 7) is 4.29. The Morgan fingerprint density at radius 3 is 2.78 bits per heavy atom. The van der Waals surface area contributed by atoms with Gasteiger partial charge in [-0.15, -0.1) is 0 Å². The molecule has 0 saturated carbocycles. The molecule has 1 aliphatic rings. The first-order valence-corrected chi connectivity index (χ1v) is 6.60. The van der Waals surface area contributed by atoms with Crippen molar-refractivity contribution in [3.05, 3.63) is 0 Å². The van der Waals surface area contributed by atoms with Crippen molar-refractivity contribution in [1.29, 1.82) is 0 Å². The summed E-state index contributed by atoms with van der Waals surface area (Å²) in [6, 6.07) is -0.260. The summed E-state index contributed by atoms with van der Waals surface area (Å²) >= 11 is 0. The van der Waals surface area contributed by atoms with Gasteiger partial charge in [-0.1, -0.05) is 0 Å². The van der Waals surface area contributed by atoms with Crippen molar-refractivity contribution in [3.8, 4) is 0 Å². The fourth-order valence-corrected chi connectivity index (χ4v) is 2.17. The summed E-state index contributed by atoms with van der Waals surface area (Å²) in [4.78, 5) is 11.6. The molecule has 0 bridgehead atoms. The van der Waals surface area contributed by atoms with E-state index in [-0.39, 0.29) is 36.9 Å². The van der Waals surface area contributed by atoms with Crippen LogP contribution in [0.25, 0.3) is 0 Å². The number of urea groups is 1. The summed E-state index contributed by atoms with van der Waals surface area (Å²) in [7, 11) is 0. The van der Waals surface area contributed by atoms with Gasteiger partial charge in [0, 0.05) is 6.04 Å². The van der Waals surface area contributed by atoms with Crippen LogP contribution >= 0.6 is 0 Å². The predicted molar refractivity (Wildman–Crippen MR) is 69.2 cm³/mol. The second-order valence-electron chi connectivity index (χ2n) is 5.01. The molecule has 6 nitrogen and oxygen atoms in total. The third-order valence-corrected chi connectivity index (χ3v) is 3.02. The van der Waals surface area contributed by atoms with Crippen molar-refractivity contribution in [2.24, 2.45) is 5.73 Å². The van der Waals surface area contributed by atoms with Crippen LogP contribution in [0.4, 0.5) is 4.79 Å². The number of carbonyl (C=O) groups excluding carboxylic acids is 1. The van der Waals surface area contributed by atoms with Gasteiger partial charge in [-0.05, 0) is 39.7 Å². The molecule has 1 fully saturated rings. The van der Waals surface area contributed by atoms with E-state index < -0.39 is 0 Å². The average Bonchev–Trinajstić information content (AvgIpc) is 2.30. The number of carbonyl (C=O) groups is 1. The first kappa shape index (κ1) is 15.2. The van der Waals surface area contributed by atoms with E-state index in [4.69, 9.17) is 10.5 Å². The van der Waals surface area contributed by atoms with E-state index in [0.29, 0.717) is 6.54 Å². The lowest BCUT2D eigenvalue weighted by Gasteiger charge is -2.36. The number of aliphatic hydroxyl groups is 1. The first-order chi connectivity index (χ1) is 8.56. The zero-order valence-electron chi connectivity index (χ0n) is 11.2. The van der Waals surface area contributed by atoms with Gasteiger partial charge in [-0.25, -0.2) is 4.79 Å². The van der Waals surface area contributed by atoms with Gasteiger partial charge in [-0.2, -0.15) is 0 Å². The Balaban J connectivity index is 2.43. The number of hydrogen-bond acceptors (Lipinski definition) is 4. The minimum absolute atomic E-state index is 0.0896. The van der Waals surface area contributed by atoms with Crippen molar-refractivity contribution >= 4 is 6.03 Å². The lowest BCUT2D eigenvalue weighted by Crippen LogP contribution is -2.54. The minimum Gasteiger partial charge on any atom is -0.394 e. The Hall–Kier alpha value is -0.850. The van der Waals surface area contributed by atoms with Crippen LogP contribution < -0.4 is 16.4 Å². The molecule has 18 heavy (non-hydrogen) atoms. The number of amides is 2. The van der Waals surface area contributed by atoms with Gasteiger partial charge in [0.2, 0.25) is 0 Å². The summed E-state index contributed by atoms with van der Waals surface area (Å²) in [5.74, 6) is 0. The smallest absolute Gasteiger partial charge is 0.315 e. The van der Waals surface area contributed by atoms with E-state index in [0.717, 1.165) is 19.3 Å². The van der Waals surface area contributed by atoms with E-state index in [1.165, 1.54) is 0 Å². The molecule has 0 aromatic carbocycles. The Labute approximate surface area is 108 Å². The Morgan fingerprint density at radius 2 is 2.22 bits per heavy atom. The summed E-state index contributed by atoms with van der Waals surface area (Å²) < 4.78 is 5.72. The van der Waals surface area contributed by atoms with Gasteiger partial charge in [0.1, 0.15) is 6.10 Å². The fraction of sp³-hybridized carbons (Fsp3) is 0.917. The normalized spacial score (nSPS) is 28.2. The first-order valence-electron chi connectivity index (χ1n) is 6.60. The standard InChI is InChI=1S/C12H25N3O3/c1-8(2)14-12(17)15-10-4-3-9(5-6-13)18-11(10)7-16/h8-11,16H,3-7,13H2,1-2H3,(H2,14,15,17)/t9-,10+,11-/m0/s1. The maximum Gasteiger partial charge on any atom is 0.315 e. The fourth-order valence-electron chi connectivity index (χ4n) is 2.17.